The van der Waals surface area contributed by atoms with Crippen LogP contribution in [0, 0.1) is 0 Å². The number of hydrogen-bond acceptors (Lipinski definition) is 0. The second-order valence-electron chi connectivity index (χ2n) is 2.49. The Kier molecular flexibility index (Phi) is 6.42. The van der Waals surface area contributed by atoms with Crippen molar-refractivity contribution in [2.75, 3.05) is 0 Å². The fourth-order valence-electron chi connectivity index (χ4n) is 0.680. The van der Waals surface area contributed by atoms with Crippen molar-refractivity contribution in [3.8, 4) is 0 Å². The van der Waals surface area contributed by atoms with E-state index in [2.05, 4.69) is 13.1 Å². The predicted octanol–water partition coefficient (Wildman–Crippen LogP) is 2.56. The Morgan fingerprint density at radius 1 is 1.00 bits per heavy atom. The highest BCUT2D eigenvalue weighted by atomic mass is 35.6. The van der Waals surface area contributed by atoms with Gasteiger partial charge in [0.05, 0.1) is 0 Å². The molecule has 2 atom stereocenters. The third-order valence-corrected chi connectivity index (χ3v) is 4.92. The molecule has 4 heteroatoms. The van der Waals surface area contributed by atoms with E-state index < -0.39 is 16.2 Å². The highest BCUT2D eigenvalue weighted by Gasteiger charge is 2.01. The normalized spacial score (nSPS) is 17.3. The predicted molar refractivity (Wildman–Crippen MR) is 52.0 cm³/mol. The van der Waals surface area contributed by atoms with Gasteiger partial charge < -0.3 is 0 Å². The highest BCUT2D eigenvalue weighted by molar-refractivity contribution is 7.07. The van der Waals surface area contributed by atoms with Crippen molar-refractivity contribution in [2.24, 2.45) is 0 Å². The Hall–Kier alpha value is 1.01. The average Bonchev–Trinajstić information content (AvgIpc) is 1.63. The van der Waals surface area contributed by atoms with Gasteiger partial charge in [-0.05, 0) is 12.1 Å². The lowest BCUT2D eigenvalue weighted by Gasteiger charge is -2.00. The molecule has 0 nitrogen and oxygen atoms in total. The molecule has 0 bridgehead atoms. The molecule has 0 rings (SSSR count). The fourth-order valence-corrected chi connectivity index (χ4v) is 3.67. The van der Waals surface area contributed by atoms with Gasteiger partial charge in [-0.25, -0.2) is 0 Å². The maximum Gasteiger partial charge on any atom is 0.137 e. The second kappa shape index (κ2) is 5.77. The Morgan fingerprint density at radius 2 is 1.33 bits per heavy atom. The van der Waals surface area contributed by atoms with Crippen LogP contribution in [-0.2, 0) is 0 Å². The van der Waals surface area contributed by atoms with E-state index in [-0.39, 0.29) is 0 Å². The molecule has 0 aromatic carbocycles. The summed E-state index contributed by atoms with van der Waals surface area (Å²) in [6.45, 7) is 4.34. The van der Waals surface area contributed by atoms with Crippen LogP contribution in [0.25, 0.3) is 0 Å². The van der Waals surface area contributed by atoms with Crippen LogP contribution in [0.15, 0.2) is 0 Å². The molecule has 0 aliphatic heterocycles. The minimum Gasteiger partial charge on any atom is -0.172 e. The lowest BCUT2D eigenvalue weighted by Crippen LogP contribution is -1.99. The summed E-state index contributed by atoms with van der Waals surface area (Å²) in [5.74, 6) is 0. The maximum absolute atomic E-state index is 5.87. The van der Waals surface area contributed by atoms with Gasteiger partial charge in [0, 0.05) is 0 Å². The van der Waals surface area contributed by atoms with Gasteiger partial charge in [0.1, 0.15) is 16.2 Å². The highest BCUT2D eigenvalue weighted by Crippen LogP contribution is 2.08. The first-order chi connectivity index (χ1) is 4.13. The zero-order valence-corrected chi connectivity index (χ0v) is 9.85. The van der Waals surface area contributed by atoms with Crippen LogP contribution in [0.3, 0.4) is 0 Å². The third kappa shape index (κ3) is 9.01. The van der Waals surface area contributed by atoms with Gasteiger partial charge in [0.15, 0.2) is 0 Å². The topological polar surface area (TPSA) is 0 Å². The summed E-state index contributed by atoms with van der Waals surface area (Å²) in [5.41, 5.74) is 0. The Bertz CT molecular complexity index is 58.0. The van der Waals surface area contributed by atoms with E-state index in [0.717, 1.165) is 0 Å². The first-order valence-electron chi connectivity index (χ1n) is 3.41. The molecule has 9 heavy (non-hydrogen) atoms. The van der Waals surface area contributed by atoms with Gasteiger partial charge in [0.2, 0.25) is 0 Å². The molecule has 0 fully saturated rings. The second-order valence-corrected chi connectivity index (χ2v) is 11.2. The first-order valence-corrected chi connectivity index (χ1v) is 10.8. The molecule has 2 unspecified atom stereocenters. The van der Waals surface area contributed by atoms with Gasteiger partial charge in [-0.3, -0.25) is 0 Å². The molecule has 0 aromatic heterocycles. The number of rotatable bonds is 4. The maximum atomic E-state index is 5.87. The quantitative estimate of drug-likeness (QED) is 0.484. The van der Waals surface area contributed by atoms with Gasteiger partial charge in [-0.15, -0.1) is 0 Å². The third-order valence-electron chi connectivity index (χ3n) is 1.20. The summed E-state index contributed by atoms with van der Waals surface area (Å²) >= 11 is 11.7. The van der Waals surface area contributed by atoms with E-state index in [1.165, 1.54) is 18.5 Å². The first kappa shape index (κ1) is 10.0. The summed E-state index contributed by atoms with van der Waals surface area (Å²) in [6, 6.07) is 2.51. The van der Waals surface area contributed by atoms with E-state index in [4.69, 9.17) is 22.2 Å². The standard InChI is InChI=1S/C5H14Cl2Si2/c1-8(6)4-3-5-9(2)7/h8-9H,3-5H2,1-2H3. The number of hydrogen-bond donors (Lipinski definition) is 0. The summed E-state index contributed by atoms with van der Waals surface area (Å²) in [6.07, 6.45) is 1.27. The zero-order valence-electron chi connectivity index (χ0n) is 6.03. The molecular formula is C5H14Cl2Si2. The molecule has 0 aliphatic carbocycles. The molecular weight excluding hydrogens is 187 g/mol. The Balaban J connectivity index is 2.91. The molecule has 0 aliphatic rings. The van der Waals surface area contributed by atoms with Crippen molar-refractivity contribution in [3.63, 3.8) is 0 Å². The average molecular weight is 201 g/mol. The SMILES string of the molecule is C[SiH](Cl)CCC[SiH](C)Cl. The van der Waals surface area contributed by atoms with E-state index in [9.17, 15) is 0 Å². The van der Waals surface area contributed by atoms with Gasteiger partial charge in [-0.2, -0.15) is 22.2 Å². The molecule has 0 spiro atoms. The number of halogens is 2. The largest absolute Gasteiger partial charge is 0.172 e. The molecule has 0 amide bonds. The van der Waals surface area contributed by atoms with Crippen LogP contribution in [0.2, 0.25) is 25.2 Å². The van der Waals surface area contributed by atoms with Crippen molar-refractivity contribution >= 4 is 38.4 Å². The van der Waals surface area contributed by atoms with Gasteiger partial charge in [-0.1, -0.05) is 19.5 Å². The van der Waals surface area contributed by atoms with Crippen LogP contribution in [-0.4, -0.2) is 16.2 Å². The molecule has 0 N–H and O–H groups in total. The van der Waals surface area contributed by atoms with Gasteiger partial charge in [0.25, 0.3) is 0 Å². The summed E-state index contributed by atoms with van der Waals surface area (Å²) < 4.78 is 0. The van der Waals surface area contributed by atoms with E-state index in [1.807, 2.05) is 0 Å². The lowest BCUT2D eigenvalue weighted by molar-refractivity contribution is 1.06. The van der Waals surface area contributed by atoms with Crippen LogP contribution in [0.4, 0.5) is 0 Å². The van der Waals surface area contributed by atoms with E-state index in [0.29, 0.717) is 0 Å². The van der Waals surface area contributed by atoms with Crippen LogP contribution < -0.4 is 0 Å². The monoisotopic (exact) mass is 200 g/mol. The van der Waals surface area contributed by atoms with E-state index >= 15 is 0 Å². The molecule has 56 valence electrons. The Morgan fingerprint density at radius 3 is 1.56 bits per heavy atom. The molecule has 0 saturated heterocycles. The minimum absolute atomic E-state index is 0.794. The molecule has 0 heterocycles. The molecule has 0 aromatic rings. The summed E-state index contributed by atoms with van der Waals surface area (Å²) in [4.78, 5) is 0. The van der Waals surface area contributed by atoms with Crippen molar-refractivity contribution in [1.82, 2.24) is 0 Å². The van der Waals surface area contributed by atoms with E-state index in [1.54, 1.807) is 0 Å². The Labute approximate surface area is 70.2 Å². The smallest absolute Gasteiger partial charge is 0.137 e. The fraction of sp³-hybridized carbons (Fsp3) is 1.00. The van der Waals surface area contributed by atoms with Crippen LogP contribution in [0.1, 0.15) is 6.42 Å². The zero-order chi connectivity index (χ0) is 7.28. The van der Waals surface area contributed by atoms with Crippen molar-refractivity contribution in [3.05, 3.63) is 0 Å². The lowest BCUT2D eigenvalue weighted by atomic mass is 10.6. The van der Waals surface area contributed by atoms with Crippen molar-refractivity contribution < 1.29 is 0 Å². The summed E-state index contributed by atoms with van der Waals surface area (Å²) in [7, 11) is -1.59. The van der Waals surface area contributed by atoms with Crippen LogP contribution >= 0.6 is 22.2 Å². The van der Waals surface area contributed by atoms with Crippen LogP contribution in [0.5, 0.6) is 0 Å². The summed E-state index contributed by atoms with van der Waals surface area (Å²) in [5, 5.41) is 0. The van der Waals surface area contributed by atoms with Gasteiger partial charge >= 0.3 is 0 Å². The van der Waals surface area contributed by atoms with Crippen molar-refractivity contribution in [2.45, 2.75) is 31.6 Å². The van der Waals surface area contributed by atoms with Crippen molar-refractivity contribution in [1.29, 1.82) is 0 Å². The minimum atomic E-state index is -0.794. The molecule has 0 radical (unpaired) electrons. The molecule has 0 saturated carbocycles.